The molecule has 242 valence electrons. The highest BCUT2D eigenvalue weighted by atomic mass is 16.6. The highest BCUT2D eigenvalue weighted by molar-refractivity contribution is 5.90. The molecule has 6 rings (SSSR count). The van der Waals surface area contributed by atoms with Crippen molar-refractivity contribution in [3.63, 3.8) is 0 Å². The Bertz CT molecular complexity index is 1880. The number of carbonyl (C=O) groups excluding carboxylic acids is 3. The van der Waals surface area contributed by atoms with E-state index in [1.165, 1.54) is 11.9 Å². The molecule has 11 heteroatoms. The molecule has 0 bridgehead atoms. The number of hydrogen-bond acceptors (Lipinski definition) is 8. The van der Waals surface area contributed by atoms with E-state index >= 15 is 0 Å². The highest BCUT2D eigenvalue weighted by Crippen LogP contribution is 2.27. The number of rotatable bonds is 10. The first-order valence-corrected chi connectivity index (χ1v) is 15.8. The molecule has 3 amide bonds. The van der Waals surface area contributed by atoms with Gasteiger partial charge in [-0.3, -0.25) is 9.59 Å². The lowest BCUT2D eigenvalue weighted by atomic mass is 9.98. The summed E-state index contributed by atoms with van der Waals surface area (Å²) in [4.78, 5) is 45.8. The van der Waals surface area contributed by atoms with Crippen molar-refractivity contribution in [1.82, 2.24) is 31.0 Å². The van der Waals surface area contributed by atoms with Crippen LogP contribution in [0.3, 0.4) is 0 Å². The summed E-state index contributed by atoms with van der Waals surface area (Å²) in [6.07, 6.45) is 1.09. The Morgan fingerprint density at radius 3 is 2.11 bits per heavy atom. The molecule has 2 unspecified atom stereocenters. The predicted molar refractivity (Wildman–Crippen MR) is 178 cm³/mol. The van der Waals surface area contributed by atoms with Crippen LogP contribution < -0.4 is 16.0 Å². The van der Waals surface area contributed by atoms with Crippen LogP contribution in [0, 0.1) is 0 Å². The third-order valence-electron chi connectivity index (χ3n) is 8.62. The van der Waals surface area contributed by atoms with Crippen molar-refractivity contribution < 1.29 is 23.6 Å². The summed E-state index contributed by atoms with van der Waals surface area (Å²) in [5.41, 5.74) is 1.81. The molecule has 0 aliphatic carbocycles. The third kappa shape index (κ3) is 7.58. The van der Waals surface area contributed by atoms with E-state index in [1.807, 2.05) is 78.9 Å². The Labute approximate surface area is 272 Å². The molecule has 1 aliphatic rings. The third-order valence-corrected chi connectivity index (χ3v) is 8.62. The monoisotopic (exact) mass is 634 g/mol. The average molecular weight is 635 g/mol. The normalized spacial score (nSPS) is 14.8. The van der Waals surface area contributed by atoms with E-state index in [2.05, 4.69) is 32.2 Å². The number of amides is 3. The number of piperidine rings is 1. The fraction of sp³-hybridized carbons (Fsp3) is 0.306. The molecule has 0 saturated carbocycles. The lowest BCUT2D eigenvalue weighted by molar-refractivity contribution is -0.134. The number of nitrogens with one attached hydrogen (secondary N) is 3. The van der Waals surface area contributed by atoms with Gasteiger partial charge < -0.3 is 30.1 Å². The molecule has 5 aromatic rings. The van der Waals surface area contributed by atoms with Gasteiger partial charge in [-0.15, -0.1) is 0 Å². The van der Waals surface area contributed by atoms with Gasteiger partial charge in [0.1, 0.15) is 18.2 Å². The smallest absolute Gasteiger partial charge is 0.408 e. The number of nitrogens with zero attached hydrogens (tertiary/aromatic N) is 3. The Morgan fingerprint density at radius 1 is 0.894 bits per heavy atom. The van der Waals surface area contributed by atoms with Crippen LogP contribution in [-0.4, -0.2) is 72.3 Å². The molecule has 0 spiro atoms. The molecule has 47 heavy (non-hydrogen) atoms. The standard InChI is InChI=1S/C36H38N6O5/c1-37-33(43)32-40-34(47-41-32)31(22-24-12-14-26-8-4-6-10-28(26)20-24)42(2)35(44)30(39-36(45)46-29-15-17-38-18-16-29)21-23-11-13-25-7-3-5-9-27(25)19-23/h3-14,19-20,29-31,38H,15-18,21-22H2,1-2H3,(H,37,43)(H,39,45). The van der Waals surface area contributed by atoms with Gasteiger partial charge in [0.15, 0.2) is 0 Å². The quantitative estimate of drug-likeness (QED) is 0.203. The van der Waals surface area contributed by atoms with E-state index in [0.29, 0.717) is 19.3 Å². The Kier molecular flexibility index (Phi) is 9.72. The molecule has 0 radical (unpaired) electrons. The summed E-state index contributed by atoms with van der Waals surface area (Å²) in [5, 5.41) is 16.7. The maximum absolute atomic E-state index is 14.4. The van der Waals surface area contributed by atoms with Crippen LogP contribution in [0.15, 0.2) is 89.5 Å². The number of fused-ring (bicyclic) bond motifs is 2. The first kappa shape index (κ1) is 31.7. The largest absolute Gasteiger partial charge is 0.446 e. The van der Waals surface area contributed by atoms with Gasteiger partial charge in [-0.05, 0) is 58.6 Å². The van der Waals surface area contributed by atoms with E-state index in [4.69, 9.17) is 9.26 Å². The van der Waals surface area contributed by atoms with E-state index < -0.39 is 24.1 Å². The van der Waals surface area contributed by atoms with E-state index in [-0.39, 0.29) is 30.1 Å². The van der Waals surface area contributed by atoms with Gasteiger partial charge in [0.25, 0.3) is 11.7 Å². The van der Waals surface area contributed by atoms with Gasteiger partial charge in [0.2, 0.25) is 11.8 Å². The number of ether oxygens (including phenoxy) is 1. The summed E-state index contributed by atoms with van der Waals surface area (Å²) in [6.45, 7) is 1.53. The van der Waals surface area contributed by atoms with Crippen LogP contribution in [0.4, 0.5) is 4.79 Å². The van der Waals surface area contributed by atoms with Crippen LogP contribution in [0.2, 0.25) is 0 Å². The van der Waals surface area contributed by atoms with Crippen molar-refractivity contribution in [1.29, 1.82) is 0 Å². The molecule has 3 N–H and O–H groups in total. The zero-order valence-corrected chi connectivity index (χ0v) is 26.4. The molecule has 1 aromatic heterocycles. The van der Waals surface area contributed by atoms with Gasteiger partial charge in [-0.2, -0.15) is 4.98 Å². The van der Waals surface area contributed by atoms with Gasteiger partial charge in [0.05, 0.1) is 0 Å². The Morgan fingerprint density at radius 2 is 1.49 bits per heavy atom. The summed E-state index contributed by atoms with van der Waals surface area (Å²) < 4.78 is 11.3. The minimum Gasteiger partial charge on any atom is -0.446 e. The van der Waals surface area contributed by atoms with Crippen LogP contribution in [0.1, 0.15) is 46.5 Å². The summed E-state index contributed by atoms with van der Waals surface area (Å²) in [6, 6.07) is 26.3. The Hall–Kier alpha value is -5.29. The number of carbonyl (C=O) groups is 3. The van der Waals surface area contributed by atoms with Crippen molar-refractivity contribution in [2.24, 2.45) is 0 Å². The van der Waals surface area contributed by atoms with Gasteiger partial charge in [-0.1, -0.05) is 90.1 Å². The minimum atomic E-state index is -0.962. The van der Waals surface area contributed by atoms with Gasteiger partial charge in [-0.25, -0.2) is 4.79 Å². The molecular weight excluding hydrogens is 596 g/mol. The predicted octanol–water partition coefficient (Wildman–Crippen LogP) is 4.57. The number of alkyl carbamates (subject to hydrolysis) is 1. The van der Waals surface area contributed by atoms with Crippen molar-refractivity contribution in [2.45, 2.75) is 43.9 Å². The second kappa shape index (κ2) is 14.4. The molecule has 2 atom stereocenters. The lowest BCUT2D eigenvalue weighted by Crippen LogP contribution is -2.50. The van der Waals surface area contributed by atoms with Crippen molar-refractivity contribution in [3.8, 4) is 0 Å². The molecular formula is C36H38N6O5. The molecule has 2 heterocycles. The van der Waals surface area contributed by atoms with E-state index in [1.54, 1.807) is 7.05 Å². The maximum Gasteiger partial charge on any atom is 0.408 e. The van der Waals surface area contributed by atoms with Crippen LogP contribution in [0.25, 0.3) is 21.5 Å². The van der Waals surface area contributed by atoms with Gasteiger partial charge in [0, 0.05) is 26.9 Å². The molecule has 11 nitrogen and oxygen atoms in total. The second-order valence-corrected chi connectivity index (χ2v) is 11.8. The molecule has 4 aromatic carbocycles. The molecule has 1 aliphatic heterocycles. The SMILES string of the molecule is CNC(=O)c1noc(C(Cc2ccc3ccccc3c2)N(C)C(=O)C(Cc2ccc3ccccc3c2)NC(=O)OC2CCNCC2)n1. The van der Waals surface area contributed by atoms with Crippen LogP contribution in [0.5, 0.6) is 0 Å². The Balaban J connectivity index is 1.31. The molecule has 1 saturated heterocycles. The number of likely N-dealkylation sites (N-methyl/N-ethyl adjacent to an activating group) is 1. The van der Waals surface area contributed by atoms with Crippen molar-refractivity contribution in [2.75, 3.05) is 27.2 Å². The number of hydrogen-bond donors (Lipinski definition) is 3. The fourth-order valence-electron chi connectivity index (χ4n) is 6.00. The van der Waals surface area contributed by atoms with Crippen LogP contribution >= 0.6 is 0 Å². The zero-order valence-electron chi connectivity index (χ0n) is 26.4. The second-order valence-electron chi connectivity index (χ2n) is 11.8. The zero-order chi connectivity index (χ0) is 32.8. The average Bonchev–Trinajstić information content (AvgIpc) is 3.60. The minimum absolute atomic E-state index is 0.106. The van der Waals surface area contributed by atoms with E-state index in [9.17, 15) is 14.4 Å². The van der Waals surface area contributed by atoms with Crippen molar-refractivity contribution in [3.05, 3.63) is 108 Å². The lowest BCUT2D eigenvalue weighted by Gasteiger charge is -2.30. The van der Waals surface area contributed by atoms with Crippen molar-refractivity contribution >= 4 is 39.5 Å². The van der Waals surface area contributed by atoms with Crippen LogP contribution in [-0.2, 0) is 22.4 Å². The molecule has 1 fully saturated rings. The summed E-state index contributed by atoms with van der Waals surface area (Å²) in [5.74, 6) is -0.904. The maximum atomic E-state index is 14.4. The van der Waals surface area contributed by atoms with Gasteiger partial charge >= 0.3 is 6.09 Å². The fourth-order valence-corrected chi connectivity index (χ4v) is 6.00. The summed E-state index contributed by atoms with van der Waals surface area (Å²) in [7, 11) is 3.12. The summed E-state index contributed by atoms with van der Waals surface area (Å²) >= 11 is 0. The number of aromatic nitrogens is 2. The highest BCUT2D eigenvalue weighted by Gasteiger charge is 2.34. The first-order chi connectivity index (χ1) is 22.9. The first-order valence-electron chi connectivity index (χ1n) is 15.8. The number of benzene rings is 4. The topological polar surface area (TPSA) is 139 Å². The van der Waals surface area contributed by atoms with E-state index in [0.717, 1.165) is 45.8 Å².